The number of hydrogen-bond donors (Lipinski definition) is 0. The van der Waals surface area contributed by atoms with Crippen LogP contribution in [-0.2, 0) is 4.74 Å². The van der Waals surface area contributed by atoms with Crippen LogP contribution in [0.25, 0.3) is 10.2 Å². The molecule has 2 nitrogen and oxygen atoms in total. The van der Waals surface area contributed by atoms with Crippen LogP contribution >= 0.6 is 23.1 Å². The molecular weight excluding hydrogens is 310 g/mol. The van der Waals surface area contributed by atoms with Crippen molar-refractivity contribution in [2.75, 3.05) is 19.0 Å². The van der Waals surface area contributed by atoms with Gasteiger partial charge in [-0.25, -0.2) is 4.98 Å². The number of benzene rings is 1. The standard InChI is InChI=1S/C18H27NOS2/c1-2-3-4-5-6-9-13-20-14-10-15-21-18-19-16-11-7-8-12-17(16)22-18/h7-8,11-12H,2-6,9-10,13-15H2,1H3. The molecule has 0 bridgehead atoms. The molecule has 0 spiro atoms. The third kappa shape index (κ3) is 6.67. The van der Waals surface area contributed by atoms with E-state index in [-0.39, 0.29) is 0 Å². The van der Waals surface area contributed by atoms with Crippen molar-refractivity contribution in [1.82, 2.24) is 4.98 Å². The van der Waals surface area contributed by atoms with Crippen molar-refractivity contribution in [2.24, 2.45) is 0 Å². The number of thiazole rings is 1. The van der Waals surface area contributed by atoms with E-state index in [1.807, 2.05) is 17.8 Å². The first-order valence-electron chi connectivity index (χ1n) is 8.46. The summed E-state index contributed by atoms with van der Waals surface area (Å²) in [6, 6.07) is 8.35. The zero-order valence-corrected chi connectivity index (χ0v) is 15.2. The molecule has 0 aliphatic rings. The van der Waals surface area contributed by atoms with Crippen LogP contribution in [0.4, 0.5) is 0 Å². The number of unbranched alkanes of at least 4 members (excludes halogenated alkanes) is 5. The second-order valence-electron chi connectivity index (χ2n) is 5.53. The number of hydrogen-bond acceptors (Lipinski definition) is 4. The van der Waals surface area contributed by atoms with Gasteiger partial charge in [0.1, 0.15) is 0 Å². The maximum absolute atomic E-state index is 5.71. The fraction of sp³-hybridized carbons (Fsp3) is 0.611. The van der Waals surface area contributed by atoms with E-state index in [4.69, 9.17) is 4.74 Å². The summed E-state index contributed by atoms with van der Waals surface area (Å²) in [5.74, 6) is 1.09. The Labute approximate surface area is 142 Å². The number of ether oxygens (including phenoxy) is 1. The summed E-state index contributed by atoms with van der Waals surface area (Å²) in [6.07, 6.45) is 9.10. The Balaban J connectivity index is 1.46. The second-order valence-corrected chi connectivity index (χ2v) is 7.90. The highest BCUT2D eigenvalue weighted by Crippen LogP contribution is 2.29. The molecule has 2 aromatic rings. The van der Waals surface area contributed by atoms with Gasteiger partial charge in [-0.1, -0.05) is 62.9 Å². The van der Waals surface area contributed by atoms with Crippen LogP contribution in [0.5, 0.6) is 0 Å². The minimum absolute atomic E-state index is 0.882. The van der Waals surface area contributed by atoms with Crippen molar-refractivity contribution in [3.05, 3.63) is 24.3 Å². The average Bonchev–Trinajstić information content (AvgIpc) is 2.95. The summed E-state index contributed by atoms with van der Waals surface area (Å²) in [5, 5.41) is 0. The molecule has 0 radical (unpaired) electrons. The lowest BCUT2D eigenvalue weighted by Crippen LogP contribution is -1.98. The van der Waals surface area contributed by atoms with Gasteiger partial charge in [0.2, 0.25) is 0 Å². The number of aromatic nitrogens is 1. The Morgan fingerprint density at radius 2 is 1.77 bits per heavy atom. The van der Waals surface area contributed by atoms with E-state index in [1.165, 1.54) is 47.6 Å². The van der Waals surface area contributed by atoms with Crippen molar-refractivity contribution in [2.45, 2.75) is 56.2 Å². The van der Waals surface area contributed by atoms with Crippen molar-refractivity contribution in [1.29, 1.82) is 0 Å². The smallest absolute Gasteiger partial charge is 0.151 e. The summed E-state index contributed by atoms with van der Waals surface area (Å²) in [6.45, 7) is 4.07. The Bertz CT molecular complexity index is 494. The Morgan fingerprint density at radius 1 is 1.00 bits per heavy atom. The first-order valence-corrected chi connectivity index (χ1v) is 10.3. The first-order chi connectivity index (χ1) is 10.9. The van der Waals surface area contributed by atoms with Crippen LogP contribution in [-0.4, -0.2) is 24.0 Å². The van der Waals surface area contributed by atoms with Crippen molar-refractivity contribution in [3.8, 4) is 0 Å². The minimum atomic E-state index is 0.882. The van der Waals surface area contributed by atoms with Crippen molar-refractivity contribution < 1.29 is 4.74 Å². The van der Waals surface area contributed by atoms with Crippen LogP contribution < -0.4 is 0 Å². The SMILES string of the molecule is CCCCCCCCOCCCSc1nc2ccccc2s1. The topological polar surface area (TPSA) is 22.1 Å². The number of fused-ring (bicyclic) bond motifs is 1. The van der Waals surface area contributed by atoms with Gasteiger partial charge in [0.25, 0.3) is 0 Å². The molecule has 1 aromatic carbocycles. The summed E-state index contributed by atoms with van der Waals surface area (Å²) >= 11 is 3.64. The summed E-state index contributed by atoms with van der Waals surface area (Å²) in [7, 11) is 0. The Kier molecular flexibility index (Phi) is 8.91. The predicted octanol–water partition coefficient (Wildman–Crippen LogP) is 6.16. The van der Waals surface area contributed by atoms with Gasteiger partial charge in [-0.15, -0.1) is 11.3 Å². The summed E-state index contributed by atoms with van der Waals surface area (Å²) in [4.78, 5) is 4.64. The second kappa shape index (κ2) is 11.0. The quantitative estimate of drug-likeness (QED) is 0.342. The van der Waals surface area contributed by atoms with E-state index in [0.29, 0.717) is 0 Å². The molecule has 2 rings (SSSR count). The van der Waals surface area contributed by atoms with Crippen LogP contribution in [0.15, 0.2) is 28.6 Å². The van der Waals surface area contributed by atoms with Crippen molar-refractivity contribution in [3.63, 3.8) is 0 Å². The molecular formula is C18H27NOS2. The van der Waals surface area contributed by atoms with Crippen LogP contribution in [0.3, 0.4) is 0 Å². The van der Waals surface area contributed by atoms with Gasteiger partial charge in [-0.3, -0.25) is 0 Å². The fourth-order valence-corrected chi connectivity index (χ4v) is 4.37. The Morgan fingerprint density at radius 3 is 2.64 bits per heavy atom. The minimum Gasteiger partial charge on any atom is -0.381 e. The lowest BCUT2D eigenvalue weighted by atomic mass is 10.1. The van der Waals surface area contributed by atoms with E-state index >= 15 is 0 Å². The molecule has 22 heavy (non-hydrogen) atoms. The first kappa shape index (κ1) is 17.8. The van der Waals surface area contributed by atoms with Gasteiger partial charge in [-0.05, 0) is 25.0 Å². The summed E-state index contributed by atoms with van der Waals surface area (Å²) < 4.78 is 8.17. The monoisotopic (exact) mass is 337 g/mol. The van der Waals surface area contributed by atoms with E-state index < -0.39 is 0 Å². The fourth-order valence-electron chi connectivity index (χ4n) is 2.32. The third-order valence-electron chi connectivity index (χ3n) is 3.58. The molecule has 0 saturated carbocycles. The van der Waals surface area contributed by atoms with Crippen molar-refractivity contribution >= 4 is 33.3 Å². The van der Waals surface area contributed by atoms with E-state index in [1.54, 1.807) is 11.3 Å². The molecule has 0 saturated heterocycles. The van der Waals surface area contributed by atoms with Gasteiger partial charge in [0.15, 0.2) is 4.34 Å². The van der Waals surface area contributed by atoms with Crippen LogP contribution in [0, 0.1) is 0 Å². The molecule has 4 heteroatoms. The highest BCUT2D eigenvalue weighted by atomic mass is 32.2. The molecule has 0 unspecified atom stereocenters. The van der Waals surface area contributed by atoms with Gasteiger partial charge in [0.05, 0.1) is 10.2 Å². The molecule has 0 amide bonds. The molecule has 1 aromatic heterocycles. The zero-order valence-electron chi connectivity index (χ0n) is 13.6. The lowest BCUT2D eigenvalue weighted by Gasteiger charge is -2.03. The molecule has 0 atom stereocenters. The lowest BCUT2D eigenvalue weighted by molar-refractivity contribution is 0.131. The van der Waals surface area contributed by atoms with Gasteiger partial charge < -0.3 is 4.74 Å². The van der Waals surface area contributed by atoms with E-state index in [0.717, 1.165) is 30.9 Å². The molecule has 0 N–H and O–H groups in total. The zero-order chi connectivity index (χ0) is 15.5. The summed E-state index contributed by atoms with van der Waals surface area (Å²) in [5.41, 5.74) is 1.12. The average molecular weight is 338 g/mol. The van der Waals surface area contributed by atoms with Gasteiger partial charge in [-0.2, -0.15) is 0 Å². The largest absolute Gasteiger partial charge is 0.381 e. The predicted molar refractivity (Wildman–Crippen MR) is 99.2 cm³/mol. The molecule has 0 fully saturated rings. The van der Waals surface area contributed by atoms with Crippen LogP contribution in [0.1, 0.15) is 51.9 Å². The highest BCUT2D eigenvalue weighted by Gasteiger charge is 2.03. The van der Waals surface area contributed by atoms with Gasteiger partial charge in [0, 0.05) is 19.0 Å². The number of nitrogens with zero attached hydrogens (tertiary/aromatic N) is 1. The number of thioether (sulfide) groups is 1. The van der Waals surface area contributed by atoms with E-state index in [9.17, 15) is 0 Å². The molecule has 1 heterocycles. The Hall–Kier alpha value is -0.580. The van der Waals surface area contributed by atoms with Crippen LogP contribution in [0.2, 0.25) is 0 Å². The molecule has 0 aliphatic carbocycles. The number of para-hydroxylation sites is 1. The highest BCUT2D eigenvalue weighted by molar-refractivity contribution is 8.01. The number of rotatable bonds is 12. The molecule has 0 aliphatic heterocycles. The molecule has 122 valence electrons. The van der Waals surface area contributed by atoms with E-state index in [2.05, 4.69) is 30.1 Å². The maximum atomic E-state index is 5.71. The maximum Gasteiger partial charge on any atom is 0.151 e. The normalized spacial score (nSPS) is 11.3. The third-order valence-corrected chi connectivity index (χ3v) is 5.84. The van der Waals surface area contributed by atoms with Gasteiger partial charge >= 0.3 is 0 Å².